The Kier molecular flexibility index (Phi) is 5.88. The summed E-state index contributed by atoms with van der Waals surface area (Å²) in [6.45, 7) is 20.5. The van der Waals surface area contributed by atoms with Gasteiger partial charge in [-0.15, -0.1) is 0 Å². The molecule has 0 saturated heterocycles. The maximum Gasteiger partial charge on any atom is 0.0790 e. The average molecular weight is 321 g/mol. The molecule has 0 unspecified atom stereocenters. The van der Waals surface area contributed by atoms with E-state index in [0.29, 0.717) is 0 Å². The summed E-state index contributed by atoms with van der Waals surface area (Å²) in [6, 6.07) is 6.23. The Morgan fingerprint density at radius 1 is 0.955 bits per heavy atom. The lowest BCUT2D eigenvalue weighted by Gasteiger charge is -2.24. The van der Waals surface area contributed by atoms with Gasteiger partial charge in [-0.3, -0.25) is 0 Å². The number of aromatic nitrogens is 2. The lowest BCUT2D eigenvalue weighted by Crippen LogP contribution is -2.29. The third-order valence-corrected chi connectivity index (χ3v) is 10.0. The van der Waals surface area contributed by atoms with E-state index in [1.807, 2.05) is 0 Å². The minimum Gasteiger partial charge on any atom is -0.245 e. The maximum atomic E-state index is 4.91. The molecular formula is C19H36N2Si. The first-order valence-corrected chi connectivity index (χ1v) is 11.5. The molecule has 0 fully saturated rings. The molecule has 22 heavy (non-hydrogen) atoms. The summed E-state index contributed by atoms with van der Waals surface area (Å²) >= 11 is 0. The Hall–Kier alpha value is -0.833. The Morgan fingerprint density at radius 3 is 1.82 bits per heavy atom. The van der Waals surface area contributed by atoms with Crippen LogP contribution in [0.2, 0.25) is 18.1 Å². The van der Waals surface area contributed by atoms with Gasteiger partial charge in [-0.25, -0.2) is 4.68 Å². The average Bonchev–Trinajstić information content (AvgIpc) is 2.85. The first-order valence-electron chi connectivity index (χ1n) is 8.79. The third-order valence-electron chi connectivity index (χ3n) is 4.95. The second-order valence-corrected chi connectivity index (χ2v) is 13.8. The van der Waals surface area contributed by atoms with Gasteiger partial charge in [-0.2, -0.15) is 5.10 Å². The molecule has 126 valence electrons. The fourth-order valence-corrected chi connectivity index (χ4v) is 5.43. The minimum atomic E-state index is -1.26. The van der Waals surface area contributed by atoms with Crippen LogP contribution in [0.3, 0.4) is 0 Å². The van der Waals surface area contributed by atoms with Gasteiger partial charge in [-0.05, 0) is 6.07 Å². The molecule has 2 nitrogen and oxygen atoms in total. The number of hydrogen-bond donors (Lipinski definition) is 0. The van der Waals surface area contributed by atoms with E-state index >= 15 is 0 Å². The van der Waals surface area contributed by atoms with Crippen LogP contribution in [0.25, 0.3) is 6.20 Å². The van der Waals surface area contributed by atoms with Crippen LogP contribution >= 0.6 is 0 Å². The smallest absolute Gasteiger partial charge is 0.0790 e. The minimum absolute atomic E-state index is 0.0911. The second-order valence-electron chi connectivity index (χ2n) is 8.60. The number of rotatable bonds is 5. The van der Waals surface area contributed by atoms with Gasteiger partial charge in [0.15, 0.2) is 0 Å². The quantitative estimate of drug-likeness (QED) is 0.609. The largest absolute Gasteiger partial charge is 0.245 e. The zero-order valence-electron chi connectivity index (χ0n) is 16.2. The normalized spacial score (nSPS) is 14.0. The summed E-state index contributed by atoms with van der Waals surface area (Å²) in [5.41, 5.74) is 5.20. The maximum absolute atomic E-state index is 4.91. The van der Waals surface area contributed by atoms with E-state index in [-0.39, 0.29) is 10.8 Å². The summed E-state index contributed by atoms with van der Waals surface area (Å²) in [4.78, 5) is 0. The SMILES string of the molecule is CC[Si](/C=C/n1nc(C(C)(C)C)cc1C(C)(C)C)(CC)CC. The van der Waals surface area contributed by atoms with Gasteiger partial charge in [-0.1, -0.05) is 86.1 Å². The van der Waals surface area contributed by atoms with Crippen molar-refractivity contribution in [2.75, 3.05) is 0 Å². The van der Waals surface area contributed by atoms with Gasteiger partial charge in [0, 0.05) is 22.7 Å². The fourth-order valence-electron chi connectivity index (χ4n) is 2.77. The van der Waals surface area contributed by atoms with Crippen LogP contribution in [0.15, 0.2) is 11.8 Å². The molecule has 0 spiro atoms. The van der Waals surface area contributed by atoms with Crippen molar-refractivity contribution < 1.29 is 0 Å². The van der Waals surface area contributed by atoms with Crippen molar-refractivity contribution in [3.8, 4) is 0 Å². The third kappa shape index (κ3) is 4.34. The molecule has 1 heterocycles. The monoisotopic (exact) mass is 320 g/mol. The lowest BCUT2D eigenvalue weighted by atomic mass is 9.88. The van der Waals surface area contributed by atoms with Gasteiger partial charge >= 0.3 is 0 Å². The van der Waals surface area contributed by atoms with Gasteiger partial charge in [0.25, 0.3) is 0 Å². The number of nitrogens with zero attached hydrogens (tertiary/aromatic N) is 2. The van der Waals surface area contributed by atoms with Gasteiger partial charge in [0.05, 0.1) is 13.8 Å². The molecule has 0 bridgehead atoms. The zero-order chi connectivity index (χ0) is 17.2. The van der Waals surface area contributed by atoms with Crippen molar-refractivity contribution in [1.82, 2.24) is 9.78 Å². The summed E-state index contributed by atoms with van der Waals surface area (Å²) in [5, 5.41) is 4.91. The number of hydrogen-bond acceptors (Lipinski definition) is 1. The Balaban J connectivity index is 3.32. The van der Waals surface area contributed by atoms with Crippen molar-refractivity contribution in [2.24, 2.45) is 0 Å². The lowest BCUT2D eigenvalue weighted by molar-refractivity contribution is 0.544. The van der Waals surface area contributed by atoms with Gasteiger partial charge < -0.3 is 0 Å². The van der Waals surface area contributed by atoms with E-state index in [1.54, 1.807) is 0 Å². The van der Waals surface area contributed by atoms with E-state index in [9.17, 15) is 0 Å². The molecule has 1 aromatic rings. The molecule has 0 aliphatic heterocycles. The summed E-state index contributed by atoms with van der Waals surface area (Å²) in [7, 11) is -1.26. The standard InChI is InChI=1S/C19H36N2Si/c1-10-22(11-2,12-3)14-13-21-17(19(7,8)9)15-16(20-21)18(4,5)6/h13-15H,10-12H2,1-9H3/b14-13+. The molecule has 0 saturated carbocycles. The van der Waals surface area contributed by atoms with Gasteiger partial charge in [0.1, 0.15) is 0 Å². The fraction of sp³-hybridized carbons (Fsp3) is 0.737. The van der Waals surface area contributed by atoms with Crippen molar-refractivity contribution in [1.29, 1.82) is 0 Å². The first-order chi connectivity index (χ1) is 9.99. The molecule has 0 aromatic carbocycles. The first kappa shape index (κ1) is 19.2. The van der Waals surface area contributed by atoms with Crippen LogP contribution in [-0.2, 0) is 10.8 Å². The summed E-state index contributed by atoms with van der Waals surface area (Å²) in [6.07, 6.45) is 2.26. The van der Waals surface area contributed by atoms with Crippen molar-refractivity contribution >= 4 is 14.3 Å². The van der Waals surface area contributed by atoms with Gasteiger partial charge in [0.2, 0.25) is 0 Å². The van der Waals surface area contributed by atoms with Crippen LogP contribution < -0.4 is 0 Å². The molecule has 3 heteroatoms. The molecule has 0 aliphatic rings. The highest BCUT2D eigenvalue weighted by atomic mass is 28.3. The summed E-state index contributed by atoms with van der Waals surface area (Å²) < 4.78 is 2.14. The zero-order valence-corrected chi connectivity index (χ0v) is 17.2. The Morgan fingerprint density at radius 2 is 1.45 bits per heavy atom. The molecule has 0 amide bonds. The van der Waals surface area contributed by atoms with Crippen molar-refractivity contribution in [3.05, 3.63) is 23.2 Å². The van der Waals surface area contributed by atoms with E-state index in [2.05, 4.69) is 85.0 Å². The van der Waals surface area contributed by atoms with Crippen molar-refractivity contribution in [2.45, 2.75) is 91.3 Å². The molecule has 0 N–H and O–H groups in total. The summed E-state index contributed by atoms with van der Waals surface area (Å²) in [5.74, 6) is 0. The topological polar surface area (TPSA) is 17.8 Å². The molecular weight excluding hydrogens is 284 g/mol. The highest BCUT2D eigenvalue weighted by Gasteiger charge is 2.27. The van der Waals surface area contributed by atoms with E-state index in [0.717, 1.165) is 0 Å². The van der Waals surface area contributed by atoms with E-state index < -0.39 is 8.07 Å². The molecule has 0 atom stereocenters. The second kappa shape index (κ2) is 6.73. The Bertz CT molecular complexity index is 500. The molecule has 1 rings (SSSR count). The van der Waals surface area contributed by atoms with Crippen molar-refractivity contribution in [3.63, 3.8) is 0 Å². The van der Waals surface area contributed by atoms with Crippen LogP contribution in [-0.4, -0.2) is 17.9 Å². The van der Waals surface area contributed by atoms with Crippen LogP contribution in [0.1, 0.15) is 73.7 Å². The van der Waals surface area contributed by atoms with Crippen LogP contribution in [0.4, 0.5) is 0 Å². The predicted molar refractivity (Wildman–Crippen MR) is 102 cm³/mol. The van der Waals surface area contributed by atoms with Crippen LogP contribution in [0.5, 0.6) is 0 Å². The van der Waals surface area contributed by atoms with E-state index in [1.165, 1.54) is 29.5 Å². The highest BCUT2D eigenvalue weighted by molar-refractivity contribution is 6.84. The molecule has 0 aliphatic carbocycles. The predicted octanol–water partition coefficient (Wildman–Crippen LogP) is 6.00. The van der Waals surface area contributed by atoms with E-state index in [4.69, 9.17) is 5.10 Å². The highest BCUT2D eigenvalue weighted by Crippen LogP contribution is 2.29. The van der Waals surface area contributed by atoms with Crippen LogP contribution in [0, 0.1) is 0 Å². The molecule has 0 radical (unpaired) electrons. The molecule has 1 aromatic heterocycles. The Labute approximate surface area is 139 Å².